The number of esters is 1. The zero-order valence-electron chi connectivity index (χ0n) is 15.3. The summed E-state index contributed by atoms with van der Waals surface area (Å²) in [6.07, 6.45) is 2.62. The molecule has 1 aliphatic rings. The third-order valence-electron chi connectivity index (χ3n) is 4.07. The summed E-state index contributed by atoms with van der Waals surface area (Å²) in [5, 5.41) is 0. The van der Waals surface area contributed by atoms with Gasteiger partial charge in [-0.05, 0) is 52.5 Å². The second-order valence-corrected chi connectivity index (χ2v) is 7.54. The lowest BCUT2D eigenvalue weighted by Gasteiger charge is -2.35. The topological polar surface area (TPSA) is 44.8 Å². The predicted molar refractivity (Wildman–Crippen MR) is 94.0 cm³/mol. The average molecular weight is 334 g/mol. The molecule has 1 fully saturated rings. The maximum atomic E-state index is 11.9. The fourth-order valence-electron chi connectivity index (χ4n) is 2.60. The molecular formula is C20H30O4. The van der Waals surface area contributed by atoms with Crippen LogP contribution in [0, 0.1) is 12.8 Å². The first kappa shape index (κ1) is 18.9. The number of aryl methyl sites for hydroxylation is 1. The van der Waals surface area contributed by atoms with Crippen molar-refractivity contribution in [1.82, 2.24) is 0 Å². The van der Waals surface area contributed by atoms with Crippen LogP contribution in [0.2, 0.25) is 0 Å². The first-order chi connectivity index (χ1) is 11.3. The average Bonchev–Trinajstić information content (AvgIpc) is 2.44. The van der Waals surface area contributed by atoms with Gasteiger partial charge in [-0.1, -0.05) is 29.8 Å². The van der Waals surface area contributed by atoms with Gasteiger partial charge in [-0.3, -0.25) is 4.79 Å². The molecule has 0 bridgehead atoms. The monoisotopic (exact) mass is 334 g/mol. The number of benzene rings is 1. The van der Waals surface area contributed by atoms with Crippen molar-refractivity contribution in [3.05, 3.63) is 35.4 Å². The van der Waals surface area contributed by atoms with E-state index in [1.54, 1.807) is 0 Å². The summed E-state index contributed by atoms with van der Waals surface area (Å²) >= 11 is 0. The lowest BCUT2D eigenvalue weighted by atomic mass is 9.82. The van der Waals surface area contributed by atoms with Gasteiger partial charge in [-0.2, -0.15) is 0 Å². The van der Waals surface area contributed by atoms with Gasteiger partial charge in [0, 0.05) is 0 Å². The number of hydrogen-bond donors (Lipinski definition) is 0. The summed E-state index contributed by atoms with van der Waals surface area (Å²) in [7, 11) is 0. The normalized spacial score (nSPS) is 20.5. The van der Waals surface area contributed by atoms with Crippen LogP contribution >= 0.6 is 0 Å². The minimum absolute atomic E-state index is 0.00307. The van der Waals surface area contributed by atoms with E-state index in [-0.39, 0.29) is 18.0 Å². The van der Waals surface area contributed by atoms with Crippen LogP contribution in [0.5, 0.6) is 0 Å². The first-order valence-corrected chi connectivity index (χ1v) is 8.81. The van der Waals surface area contributed by atoms with Gasteiger partial charge in [0.05, 0.1) is 31.8 Å². The zero-order chi connectivity index (χ0) is 17.6. The number of rotatable bonds is 8. The van der Waals surface area contributed by atoms with Crippen molar-refractivity contribution in [1.29, 1.82) is 0 Å². The molecule has 134 valence electrons. The molecule has 0 saturated heterocycles. The molecule has 2 rings (SSSR count). The highest BCUT2D eigenvalue weighted by Crippen LogP contribution is 2.32. The highest BCUT2D eigenvalue weighted by atomic mass is 16.6. The van der Waals surface area contributed by atoms with Gasteiger partial charge in [-0.15, -0.1) is 0 Å². The van der Waals surface area contributed by atoms with Crippen molar-refractivity contribution >= 4 is 5.97 Å². The van der Waals surface area contributed by atoms with Crippen LogP contribution < -0.4 is 0 Å². The third kappa shape index (κ3) is 6.62. The predicted octanol–water partition coefficient (Wildman–Crippen LogP) is 3.69. The van der Waals surface area contributed by atoms with E-state index in [1.165, 1.54) is 11.1 Å². The molecule has 0 radical (unpaired) electrons. The van der Waals surface area contributed by atoms with Crippen LogP contribution in [0.1, 0.15) is 44.7 Å². The van der Waals surface area contributed by atoms with E-state index in [9.17, 15) is 4.79 Å². The molecule has 0 N–H and O–H groups in total. The molecule has 0 aliphatic heterocycles. The third-order valence-corrected chi connectivity index (χ3v) is 4.07. The van der Waals surface area contributed by atoms with Crippen molar-refractivity contribution < 1.29 is 19.0 Å². The molecule has 4 nitrogen and oxygen atoms in total. The summed E-state index contributed by atoms with van der Waals surface area (Å²) < 4.78 is 16.7. The van der Waals surface area contributed by atoms with Gasteiger partial charge in [0.15, 0.2) is 0 Å². The van der Waals surface area contributed by atoms with E-state index in [2.05, 4.69) is 31.2 Å². The molecule has 4 heteroatoms. The summed E-state index contributed by atoms with van der Waals surface area (Å²) in [6, 6.07) is 8.52. The SMILES string of the molecule is Cc1ccc(CCOCCO[C@H]2C[C@@H](C(=O)OC(C)(C)C)C2)cc1. The van der Waals surface area contributed by atoms with E-state index in [0.29, 0.717) is 19.8 Å². The van der Waals surface area contributed by atoms with Crippen LogP contribution in [0.25, 0.3) is 0 Å². The molecule has 1 aromatic rings. The van der Waals surface area contributed by atoms with E-state index in [0.717, 1.165) is 19.3 Å². The molecule has 0 spiro atoms. The quantitative estimate of drug-likeness (QED) is 0.537. The minimum atomic E-state index is -0.408. The van der Waals surface area contributed by atoms with E-state index >= 15 is 0 Å². The number of ether oxygens (including phenoxy) is 3. The second kappa shape index (κ2) is 8.63. The smallest absolute Gasteiger partial charge is 0.309 e. The van der Waals surface area contributed by atoms with Crippen molar-refractivity contribution in [2.45, 2.75) is 58.7 Å². The highest BCUT2D eigenvalue weighted by Gasteiger charge is 2.37. The molecule has 0 atom stereocenters. The molecule has 0 amide bonds. The van der Waals surface area contributed by atoms with Crippen molar-refractivity contribution in [2.24, 2.45) is 5.92 Å². The van der Waals surface area contributed by atoms with Crippen LogP contribution in [-0.4, -0.2) is 37.5 Å². The Morgan fingerprint density at radius 1 is 1.08 bits per heavy atom. The van der Waals surface area contributed by atoms with Crippen molar-refractivity contribution in [3.63, 3.8) is 0 Å². The minimum Gasteiger partial charge on any atom is -0.460 e. The van der Waals surface area contributed by atoms with Gasteiger partial charge in [0.2, 0.25) is 0 Å². The Bertz CT molecular complexity index is 509. The Kier molecular flexibility index (Phi) is 6.81. The molecule has 0 unspecified atom stereocenters. The van der Waals surface area contributed by atoms with E-state index < -0.39 is 5.60 Å². The number of carbonyl (C=O) groups is 1. The van der Waals surface area contributed by atoms with Crippen molar-refractivity contribution in [2.75, 3.05) is 19.8 Å². The first-order valence-electron chi connectivity index (χ1n) is 8.81. The molecule has 24 heavy (non-hydrogen) atoms. The highest BCUT2D eigenvalue weighted by molar-refractivity contribution is 5.74. The molecule has 0 aromatic heterocycles. The Morgan fingerprint density at radius 3 is 2.38 bits per heavy atom. The lowest BCUT2D eigenvalue weighted by Crippen LogP contribution is -2.40. The van der Waals surface area contributed by atoms with Gasteiger partial charge in [0.25, 0.3) is 0 Å². The fourth-order valence-corrected chi connectivity index (χ4v) is 2.60. The largest absolute Gasteiger partial charge is 0.460 e. The Balaban J connectivity index is 1.48. The fraction of sp³-hybridized carbons (Fsp3) is 0.650. The van der Waals surface area contributed by atoms with Crippen LogP contribution in [0.15, 0.2) is 24.3 Å². The van der Waals surface area contributed by atoms with Gasteiger partial charge in [0.1, 0.15) is 5.60 Å². The number of carbonyl (C=O) groups excluding carboxylic acids is 1. The summed E-state index contributed by atoms with van der Waals surface area (Å²) in [5.41, 5.74) is 2.16. The molecule has 0 heterocycles. The molecule has 1 aliphatic carbocycles. The Morgan fingerprint density at radius 2 is 1.75 bits per heavy atom. The van der Waals surface area contributed by atoms with Crippen LogP contribution in [0.4, 0.5) is 0 Å². The molecule has 1 saturated carbocycles. The zero-order valence-corrected chi connectivity index (χ0v) is 15.3. The Labute approximate surface area is 145 Å². The summed E-state index contributed by atoms with van der Waals surface area (Å²) in [5.74, 6) is -0.103. The van der Waals surface area contributed by atoms with E-state index in [1.807, 2.05) is 20.8 Å². The standard InChI is InChI=1S/C20H30O4/c1-15-5-7-16(8-6-15)9-10-22-11-12-23-18-13-17(14-18)19(21)24-20(2,3)4/h5-8,17-18H,9-14H2,1-4H3/t17-,18+. The summed E-state index contributed by atoms with van der Waals surface area (Å²) in [4.78, 5) is 11.9. The Hall–Kier alpha value is -1.39. The maximum Gasteiger partial charge on any atom is 0.309 e. The van der Waals surface area contributed by atoms with E-state index in [4.69, 9.17) is 14.2 Å². The second-order valence-electron chi connectivity index (χ2n) is 7.54. The van der Waals surface area contributed by atoms with Gasteiger partial charge < -0.3 is 14.2 Å². The maximum absolute atomic E-state index is 11.9. The number of hydrogen-bond acceptors (Lipinski definition) is 4. The molecular weight excluding hydrogens is 304 g/mol. The van der Waals surface area contributed by atoms with Gasteiger partial charge >= 0.3 is 5.97 Å². The van der Waals surface area contributed by atoms with Crippen molar-refractivity contribution in [3.8, 4) is 0 Å². The summed E-state index contributed by atoms with van der Waals surface area (Å²) in [6.45, 7) is 9.66. The lowest BCUT2D eigenvalue weighted by molar-refractivity contribution is -0.169. The van der Waals surface area contributed by atoms with Crippen LogP contribution in [-0.2, 0) is 25.4 Å². The van der Waals surface area contributed by atoms with Gasteiger partial charge in [-0.25, -0.2) is 0 Å². The van der Waals surface area contributed by atoms with Crippen LogP contribution in [0.3, 0.4) is 0 Å². The molecule has 1 aromatic carbocycles.